The molecule has 0 aliphatic heterocycles. The van der Waals surface area contributed by atoms with Crippen molar-refractivity contribution in [2.75, 3.05) is 11.6 Å². The zero-order chi connectivity index (χ0) is 11.3. The normalized spacial score (nSPS) is 11.9. The van der Waals surface area contributed by atoms with Gasteiger partial charge in [0.1, 0.15) is 0 Å². The lowest BCUT2D eigenvalue weighted by Gasteiger charge is -2.05. The molecule has 1 rings (SSSR count). The molecule has 1 heterocycles. The van der Waals surface area contributed by atoms with Gasteiger partial charge in [-0.2, -0.15) is 5.26 Å². The van der Waals surface area contributed by atoms with E-state index in [0.717, 1.165) is 6.26 Å². The zero-order valence-electron chi connectivity index (χ0n) is 7.88. The molecule has 0 radical (unpaired) electrons. The third-order valence-electron chi connectivity index (χ3n) is 1.43. The van der Waals surface area contributed by atoms with Crippen LogP contribution >= 0.6 is 0 Å². The van der Waals surface area contributed by atoms with Crippen molar-refractivity contribution in [3.63, 3.8) is 0 Å². The fourth-order valence-electron chi connectivity index (χ4n) is 0.808. The molecule has 0 aliphatic carbocycles. The summed E-state index contributed by atoms with van der Waals surface area (Å²) in [5.41, 5.74) is 0.504. The molecule has 0 saturated carbocycles. The Morgan fingerprint density at radius 3 is 2.60 bits per heavy atom. The second-order valence-electron chi connectivity index (χ2n) is 2.65. The minimum absolute atomic E-state index is 0.379. The van der Waals surface area contributed by atoms with Crippen molar-refractivity contribution in [3.05, 3.63) is 24.5 Å². The van der Waals surface area contributed by atoms with Crippen LogP contribution in [0.2, 0.25) is 0 Å². The van der Waals surface area contributed by atoms with Crippen molar-refractivity contribution >= 4 is 20.7 Å². The van der Waals surface area contributed by atoms with Crippen molar-refractivity contribution in [2.24, 2.45) is 4.99 Å². The van der Waals surface area contributed by atoms with Gasteiger partial charge in [-0.15, -0.1) is 4.99 Å². The third kappa shape index (κ3) is 3.36. The Bertz CT molecular complexity index is 501. The summed E-state index contributed by atoms with van der Waals surface area (Å²) in [6, 6.07) is 3.14. The van der Waals surface area contributed by atoms with Gasteiger partial charge in [0.05, 0.1) is 0 Å². The highest BCUT2D eigenvalue weighted by Crippen LogP contribution is 2.05. The van der Waals surface area contributed by atoms with Crippen molar-refractivity contribution in [2.45, 2.75) is 0 Å². The maximum absolute atomic E-state index is 11.2. The molecule has 0 aromatic carbocycles. The van der Waals surface area contributed by atoms with Crippen molar-refractivity contribution in [3.8, 4) is 6.19 Å². The van der Waals surface area contributed by atoms with Gasteiger partial charge >= 0.3 is 0 Å². The van der Waals surface area contributed by atoms with E-state index in [1.807, 2.05) is 0 Å². The average molecular weight is 224 g/mol. The molecule has 0 saturated heterocycles. The van der Waals surface area contributed by atoms with Crippen LogP contribution in [0, 0.1) is 11.5 Å². The number of pyridine rings is 1. The van der Waals surface area contributed by atoms with Gasteiger partial charge < -0.3 is 5.32 Å². The van der Waals surface area contributed by atoms with E-state index in [0.29, 0.717) is 5.69 Å². The molecule has 7 heteroatoms. The molecule has 0 atom stereocenters. The maximum atomic E-state index is 11.2. The summed E-state index contributed by atoms with van der Waals surface area (Å²) in [5.74, 6) is 0. The van der Waals surface area contributed by atoms with Crippen molar-refractivity contribution in [1.82, 2.24) is 4.98 Å². The fourth-order valence-corrected chi connectivity index (χ4v) is 1.32. The van der Waals surface area contributed by atoms with Crippen LogP contribution in [0.4, 0.5) is 5.69 Å². The summed E-state index contributed by atoms with van der Waals surface area (Å²) in [6.07, 6.45) is 5.38. The summed E-state index contributed by atoms with van der Waals surface area (Å²) in [5, 5.41) is 10.5. The van der Waals surface area contributed by atoms with Crippen molar-refractivity contribution in [1.29, 1.82) is 5.26 Å². The van der Waals surface area contributed by atoms with E-state index < -0.39 is 9.84 Å². The molecule has 15 heavy (non-hydrogen) atoms. The lowest BCUT2D eigenvalue weighted by atomic mass is 10.4. The first-order valence-electron chi connectivity index (χ1n) is 3.88. The Morgan fingerprint density at radius 2 is 2.13 bits per heavy atom. The molecule has 0 spiro atoms. The van der Waals surface area contributed by atoms with E-state index in [1.165, 1.54) is 18.6 Å². The summed E-state index contributed by atoms with van der Waals surface area (Å²) in [7, 11) is -3.53. The molecular formula is C8H8N4O2S. The number of nitrogens with zero attached hydrogens (tertiary/aromatic N) is 3. The van der Waals surface area contributed by atoms with E-state index >= 15 is 0 Å². The van der Waals surface area contributed by atoms with Gasteiger partial charge in [-0.25, -0.2) is 8.42 Å². The largest absolute Gasteiger partial charge is 0.330 e. The Labute approximate surface area is 87.2 Å². The van der Waals surface area contributed by atoms with Gasteiger partial charge in [0.25, 0.3) is 0 Å². The first kappa shape index (κ1) is 11.1. The summed E-state index contributed by atoms with van der Waals surface area (Å²) in [4.78, 5) is 6.96. The number of anilines is 1. The molecular weight excluding hydrogens is 216 g/mol. The highest BCUT2D eigenvalue weighted by molar-refractivity contribution is 8.06. The number of rotatable bonds is 1. The smallest absolute Gasteiger partial charge is 0.235 e. The number of amidine groups is 1. The number of hydrogen-bond acceptors (Lipinski definition) is 5. The standard InChI is InChI=1S/C8H8N4O2S/c1-15(13,14)8(11-6-9)12-7-2-4-10-5-3-7/h2-5H,1H3,(H,10,11,12). The van der Waals surface area contributed by atoms with E-state index in [9.17, 15) is 8.42 Å². The van der Waals surface area contributed by atoms with Crippen molar-refractivity contribution < 1.29 is 8.42 Å². The SMILES string of the molecule is CS(=O)(=O)/C(=N\C#N)Nc1ccncc1. The highest BCUT2D eigenvalue weighted by Gasteiger charge is 2.13. The number of sulfone groups is 1. The molecule has 0 fully saturated rings. The number of nitrogens with one attached hydrogen (secondary N) is 1. The minimum Gasteiger partial charge on any atom is -0.330 e. The van der Waals surface area contributed by atoms with Gasteiger partial charge in [-0.05, 0) is 12.1 Å². The molecule has 78 valence electrons. The van der Waals surface area contributed by atoms with Crippen LogP contribution in [0.25, 0.3) is 0 Å². The van der Waals surface area contributed by atoms with Gasteiger partial charge in [0.2, 0.25) is 21.2 Å². The molecule has 0 unspecified atom stereocenters. The average Bonchev–Trinajstić information content (AvgIpc) is 2.17. The molecule has 0 bridgehead atoms. The highest BCUT2D eigenvalue weighted by atomic mass is 32.2. The van der Waals surface area contributed by atoms with Gasteiger partial charge in [-0.3, -0.25) is 4.98 Å². The monoisotopic (exact) mass is 224 g/mol. The van der Waals surface area contributed by atoms with E-state index in [2.05, 4.69) is 15.3 Å². The Kier molecular flexibility index (Phi) is 3.36. The second-order valence-corrected chi connectivity index (χ2v) is 4.58. The van der Waals surface area contributed by atoms with Crippen LogP contribution in [-0.4, -0.2) is 24.8 Å². The summed E-state index contributed by atoms with van der Waals surface area (Å²) in [6.45, 7) is 0. The third-order valence-corrected chi connectivity index (χ3v) is 2.33. The van der Waals surface area contributed by atoms with Crippen LogP contribution in [0.15, 0.2) is 29.5 Å². The molecule has 0 aliphatic rings. The molecule has 0 amide bonds. The number of aliphatic imine (C=N–C) groups is 1. The maximum Gasteiger partial charge on any atom is 0.235 e. The molecule has 1 aromatic rings. The van der Waals surface area contributed by atoms with Gasteiger partial charge in [0, 0.05) is 24.3 Å². The predicted octanol–water partition coefficient (Wildman–Crippen LogP) is 0.375. The molecule has 6 nitrogen and oxygen atoms in total. The lowest BCUT2D eigenvalue weighted by molar-refractivity contribution is 0.612. The van der Waals surface area contributed by atoms with Crippen LogP contribution in [0.5, 0.6) is 0 Å². The predicted molar refractivity (Wildman–Crippen MR) is 55.8 cm³/mol. The first-order chi connectivity index (χ1) is 7.04. The number of hydrogen-bond donors (Lipinski definition) is 1. The summed E-state index contributed by atoms with van der Waals surface area (Å²) >= 11 is 0. The van der Waals surface area contributed by atoms with Crippen LogP contribution < -0.4 is 5.32 Å². The molecule has 1 aromatic heterocycles. The minimum atomic E-state index is -3.53. The van der Waals surface area contributed by atoms with Crippen LogP contribution in [0.3, 0.4) is 0 Å². The molecule has 1 N–H and O–H groups in total. The topological polar surface area (TPSA) is 95.2 Å². The fraction of sp³-hybridized carbons (Fsp3) is 0.125. The number of nitriles is 1. The van der Waals surface area contributed by atoms with Gasteiger partial charge in [-0.1, -0.05) is 0 Å². The Balaban J connectivity index is 2.99. The van der Waals surface area contributed by atoms with E-state index in [4.69, 9.17) is 5.26 Å². The summed E-state index contributed by atoms with van der Waals surface area (Å²) < 4.78 is 22.3. The quantitative estimate of drug-likeness (QED) is 0.422. The Hall–Kier alpha value is -1.94. The van der Waals surface area contributed by atoms with Gasteiger partial charge in [0.15, 0.2) is 0 Å². The van der Waals surface area contributed by atoms with E-state index in [1.54, 1.807) is 12.1 Å². The zero-order valence-corrected chi connectivity index (χ0v) is 8.69. The Morgan fingerprint density at radius 1 is 1.53 bits per heavy atom. The number of aromatic nitrogens is 1. The van der Waals surface area contributed by atoms with Crippen LogP contribution in [0.1, 0.15) is 0 Å². The second kappa shape index (κ2) is 4.52. The van der Waals surface area contributed by atoms with Crippen LogP contribution in [-0.2, 0) is 9.84 Å². The van der Waals surface area contributed by atoms with E-state index in [-0.39, 0.29) is 5.17 Å². The first-order valence-corrected chi connectivity index (χ1v) is 5.77. The lowest BCUT2D eigenvalue weighted by Crippen LogP contribution is -2.22.